The van der Waals surface area contributed by atoms with Gasteiger partial charge in [0.2, 0.25) is 0 Å². The molecule has 0 aliphatic carbocycles. The van der Waals surface area contributed by atoms with E-state index in [2.05, 4.69) is 0 Å². The highest BCUT2D eigenvalue weighted by molar-refractivity contribution is 6.18. The third-order valence-electron chi connectivity index (χ3n) is 2.48. The number of hydrogen-bond acceptors (Lipinski definition) is 2. The van der Waals surface area contributed by atoms with Crippen LogP contribution in [0.1, 0.15) is 11.1 Å². The first-order valence-corrected chi connectivity index (χ1v) is 5.45. The normalized spacial score (nSPS) is 12.2. The lowest BCUT2D eigenvalue weighted by molar-refractivity contribution is -0.181. The molecule has 0 fully saturated rings. The van der Waals surface area contributed by atoms with Crippen LogP contribution in [0.4, 0.5) is 32.0 Å². The van der Waals surface area contributed by atoms with Crippen molar-refractivity contribution in [3.8, 4) is 0 Å². The Labute approximate surface area is 115 Å². The molecule has 0 unspecified atom stereocenters. The summed E-state index contributed by atoms with van der Waals surface area (Å²) >= 11 is 0. The van der Waals surface area contributed by atoms with Crippen molar-refractivity contribution in [3.05, 3.63) is 29.3 Å². The number of nitrogens with zero attached hydrogens (tertiary/aromatic N) is 1. The molecule has 0 N–H and O–H groups in total. The predicted octanol–water partition coefficient (Wildman–Crippen LogP) is 3.29. The quantitative estimate of drug-likeness (QED) is 0.746. The number of alkyl halides is 6. The highest BCUT2D eigenvalue weighted by atomic mass is 19.4. The number of halogens is 6. The van der Waals surface area contributed by atoms with Crippen LogP contribution in [0.5, 0.6) is 0 Å². The molecule has 9 heteroatoms. The molecule has 0 bridgehead atoms. The molecule has 0 saturated heterocycles. The van der Waals surface area contributed by atoms with Gasteiger partial charge >= 0.3 is 24.2 Å². The standard InChI is InChI=1S/C12H9F6NO2/c1-6-3-4-8(7(2)5-6)19(9(20)11(13,14)15)10(21)12(16,17)18/h3-5H,1-2H3. The first-order valence-electron chi connectivity index (χ1n) is 5.45. The van der Waals surface area contributed by atoms with E-state index in [1.54, 1.807) is 6.92 Å². The number of anilines is 1. The van der Waals surface area contributed by atoms with Gasteiger partial charge in [-0.25, -0.2) is 4.90 Å². The highest BCUT2D eigenvalue weighted by Gasteiger charge is 2.53. The Morgan fingerprint density at radius 2 is 1.33 bits per heavy atom. The van der Waals surface area contributed by atoms with Gasteiger partial charge in [0.25, 0.3) is 0 Å². The van der Waals surface area contributed by atoms with Crippen molar-refractivity contribution in [1.29, 1.82) is 0 Å². The van der Waals surface area contributed by atoms with Crippen LogP contribution in [0, 0.1) is 13.8 Å². The minimum Gasteiger partial charge on any atom is -0.263 e. The average Bonchev–Trinajstić information content (AvgIpc) is 2.29. The van der Waals surface area contributed by atoms with E-state index in [4.69, 9.17) is 0 Å². The van der Waals surface area contributed by atoms with E-state index in [1.807, 2.05) is 0 Å². The molecule has 0 atom stereocenters. The van der Waals surface area contributed by atoms with Crippen LogP contribution in [0.25, 0.3) is 0 Å². The van der Waals surface area contributed by atoms with Crippen LogP contribution < -0.4 is 4.90 Å². The Kier molecular flexibility index (Phi) is 4.35. The molecule has 0 saturated carbocycles. The molecule has 2 amide bonds. The van der Waals surface area contributed by atoms with E-state index in [-0.39, 0.29) is 5.56 Å². The van der Waals surface area contributed by atoms with Gasteiger partial charge in [-0.15, -0.1) is 0 Å². The summed E-state index contributed by atoms with van der Waals surface area (Å²) in [5.74, 6) is -5.78. The SMILES string of the molecule is Cc1ccc(N(C(=O)C(F)(F)F)C(=O)C(F)(F)F)c(C)c1. The Morgan fingerprint density at radius 3 is 1.67 bits per heavy atom. The molecule has 1 rings (SSSR count). The lowest BCUT2D eigenvalue weighted by atomic mass is 10.1. The summed E-state index contributed by atoms with van der Waals surface area (Å²) in [6.07, 6.45) is -11.2. The third-order valence-corrected chi connectivity index (χ3v) is 2.48. The molecule has 3 nitrogen and oxygen atoms in total. The molecule has 0 spiro atoms. The zero-order valence-electron chi connectivity index (χ0n) is 10.8. The molecular weight excluding hydrogens is 304 g/mol. The molecule has 0 aliphatic rings. The molecule has 0 heterocycles. The predicted molar refractivity (Wildman–Crippen MR) is 60.5 cm³/mol. The molecule has 0 aromatic heterocycles. The molecule has 116 valence electrons. The monoisotopic (exact) mass is 313 g/mol. The Morgan fingerprint density at radius 1 is 0.905 bits per heavy atom. The fraction of sp³-hybridized carbons (Fsp3) is 0.333. The van der Waals surface area contributed by atoms with Gasteiger partial charge in [0.1, 0.15) is 0 Å². The second kappa shape index (κ2) is 5.38. The lowest BCUT2D eigenvalue weighted by Gasteiger charge is -2.24. The summed E-state index contributed by atoms with van der Waals surface area (Å²) in [5, 5.41) is 0. The largest absolute Gasteiger partial charge is 0.472 e. The van der Waals surface area contributed by atoms with Gasteiger partial charge in [-0.05, 0) is 25.5 Å². The first-order chi connectivity index (χ1) is 9.35. The summed E-state index contributed by atoms with van der Waals surface area (Å²) < 4.78 is 74.6. The van der Waals surface area contributed by atoms with E-state index in [1.165, 1.54) is 19.1 Å². The van der Waals surface area contributed by atoms with Crippen LogP contribution in [0.3, 0.4) is 0 Å². The minimum atomic E-state index is -5.61. The zero-order valence-corrected chi connectivity index (χ0v) is 10.8. The number of amides is 2. The lowest BCUT2D eigenvalue weighted by Crippen LogP contribution is -2.50. The summed E-state index contributed by atoms with van der Waals surface area (Å²) in [4.78, 5) is 21.4. The smallest absolute Gasteiger partial charge is 0.263 e. The minimum absolute atomic E-state index is 0.0646. The number of rotatable bonds is 1. The molecule has 1 aromatic carbocycles. The first kappa shape index (κ1) is 17.0. The fourth-order valence-corrected chi connectivity index (χ4v) is 1.62. The van der Waals surface area contributed by atoms with Crippen LogP contribution in [-0.2, 0) is 9.59 Å². The number of imide groups is 1. The number of carbonyl (C=O) groups excluding carboxylic acids is 2. The van der Waals surface area contributed by atoms with Gasteiger partial charge < -0.3 is 0 Å². The Balaban J connectivity index is 3.46. The molecule has 1 aromatic rings. The maximum absolute atomic E-state index is 12.4. The number of hydrogen-bond donors (Lipinski definition) is 0. The zero-order chi connectivity index (χ0) is 16.6. The van der Waals surface area contributed by atoms with Crippen molar-refractivity contribution in [3.63, 3.8) is 0 Å². The summed E-state index contributed by atoms with van der Waals surface area (Å²) in [5.41, 5.74) is -0.273. The van der Waals surface area contributed by atoms with Crippen molar-refractivity contribution in [2.45, 2.75) is 26.2 Å². The summed E-state index contributed by atoms with van der Waals surface area (Å²) in [6.45, 7) is 2.75. The van der Waals surface area contributed by atoms with E-state index in [0.717, 1.165) is 6.07 Å². The van der Waals surface area contributed by atoms with E-state index >= 15 is 0 Å². The van der Waals surface area contributed by atoms with E-state index < -0.39 is 34.8 Å². The van der Waals surface area contributed by atoms with Gasteiger partial charge in [-0.2, -0.15) is 26.3 Å². The second-order valence-electron chi connectivity index (χ2n) is 4.23. The maximum Gasteiger partial charge on any atom is 0.472 e. The van der Waals surface area contributed by atoms with Gasteiger partial charge in [0.15, 0.2) is 0 Å². The Hall–Kier alpha value is -2.06. The third kappa shape index (κ3) is 3.73. The van der Waals surface area contributed by atoms with Gasteiger partial charge in [0.05, 0.1) is 5.69 Å². The van der Waals surface area contributed by atoms with Gasteiger partial charge in [0, 0.05) is 0 Å². The van der Waals surface area contributed by atoms with Crippen LogP contribution in [-0.4, -0.2) is 24.2 Å². The van der Waals surface area contributed by atoms with Crippen LogP contribution in [0.15, 0.2) is 18.2 Å². The summed E-state index contributed by atoms with van der Waals surface area (Å²) in [6, 6.07) is 3.32. The van der Waals surface area contributed by atoms with E-state index in [9.17, 15) is 35.9 Å². The van der Waals surface area contributed by atoms with Crippen molar-refractivity contribution in [1.82, 2.24) is 0 Å². The fourth-order valence-electron chi connectivity index (χ4n) is 1.62. The molecule has 21 heavy (non-hydrogen) atoms. The van der Waals surface area contributed by atoms with Crippen molar-refractivity contribution in [2.75, 3.05) is 4.90 Å². The van der Waals surface area contributed by atoms with Crippen molar-refractivity contribution < 1.29 is 35.9 Å². The average molecular weight is 313 g/mol. The van der Waals surface area contributed by atoms with Gasteiger partial charge in [-0.3, -0.25) is 9.59 Å². The van der Waals surface area contributed by atoms with Gasteiger partial charge in [-0.1, -0.05) is 17.7 Å². The molecule has 0 radical (unpaired) electrons. The molecule has 0 aliphatic heterocycles. The maximum atomic E-state index is 12.4. The van der Waals surface area contributed by atoms with Crippen molar-refractivity contribution in [2.24, 2.45) is 0 Å². The van der Waals surface area contributed by atoms with Crippen molar-refractivity contribution >= 4 is 17.5 Å². The van der Waals surface area contributed by atoms with Crippen LogP contribution in [0.2, 0.25) is 0 Å². The number of benzene rings is 1. The number of carbonyl (C=O) groups is 2. The number of aryl methyl sites for hydroxylation is 2. The highest BCUT2D eigenvalue weighted by Crippen LogP contribution is 2.31. The Bertz CT molecular complexity index is 550. The van der Waals surface area contributed by atoms with E-state index in [0.29, 0.717) is 5.56 Å². The second-order valence-corrected chi connectivity index (χ2v) is 4.23. The topological polar surface area (TPSA) is 37.4 Å². The summed E-state index contributed by atoms with van der Waals surface area (Å²) in [7, 11) is 0. The molecular formula is C12H9F6NO2. The van der Waals surface area contributed by atoms with Crippen LogP contribution >= 0.6 is 0 Å².